The van der Waals surface area contributed by atoms with Crippen molar-refractivity contribution in [3.8, 4) is 11.5 Å². The van der Waals surface area contributed by atoms with E-state index in [4.69, 9.17) is 16.3 Å². The van der Waals surface area contributed by atoms with Crippen LogP contribution in [0.2, 0.25) is 5.02 Å². The summed E-state index contributed by atoms with van der Waals surface area (Å²) in [6, 6.07) is 5.42. The summed E-state index contributed by atoms with van der Waals surface area (Å²) in [7, 11) is -14.1. The Balaban J connectivity index is 0.00000368. The molecule has 4 aromatic rings. The van der Waals surface area contributed by atoms with Gasteiger partial charge >= 0.3 is 87.0 Å². The first-order chi connectivity index (χ1) is 20.3. The Morgan fingerprint density at radius 1 is 0.935 bits per heavy atom. The second kappa shape index (κ2) is 15.4. The first kappa shape index (κ1) is 40.7. The summed E-state index contributed by atoms with van der Waals surface area (Å²) in [5, 5.41) is 19.1. The molecule has 0 unspecified atom stereocenters. The van der Waals surface area contributed by atoms with Crippen molar-refractivity contribution in [3.05, 3.63) is 59.0 Å². The second-order valence-corrected chi connectivity index (χ2v) is 13.0. The van der Waals surface area contributed by atoms with Gasteiger partial charge in [0.05, 0.1) is 12.0 Å². The third-order valence-corrected chi connectivity index (χ3v) is 8.77. The third kappa shape index (κ3) is 8.94. The summed E-state index contributed by atoms with van der Waals surface area (Å²) in [5.41, 5.74) is -2.02. The fourth-order valence-corrected chi connectivity index (χ4v) is 6.08. The number of aromatic hydroxyl groups is 1. The van der Waals surface area contributed by atoms with Gasteiger partial charge in [-0.2, -0.15) is 44.0 Å². The predicted octanol–water partition coefficient (Wildman–Crippen LogP) is -1.95. The molecule has 4 rings (SSSR count). The molecule has 0 aliphatic carbocycles. The molecular weight excluding hydrogens is 742 g/mol. The summed E-state index contributed by atoms with van der Waals surface area (Å²) >= 11 is 5.73. The van der Waals surface area contributed by atoms with Gasteiger partial charge in [0.1, 0.15) is 31.9 Å². The van der Waals surface area contributed by atoms with E-state index in [0.29, 0.717) is 6.07 Å². The van der Waals surface area contributed by atoms with Gasteiger partial charge in [-0.3, -0.25) is 13.7 Å². The van der Waals surface area contributed by atoms with Crippen LogP contribution in [0.15, 0.2) is 61.3 Å². The molecule has 0 radical (unpaired) electrons. The van der Waals surface area contributed by atoms with Gasteiger partial charge in [0, 0.05) is 17.5 Å². The minimum absolute atomic E-state index is 0. The largest absolute Gasteiger partial charge is 1.00 e. The zero-order valence-corrected chi connectivity index (χ0v) is 31.8. The van der Waals surface area contributed by atoms with Crippen molar-refractivity contribution in [2.24, 2.45) is 10.2 Å². The molecule has 0 aliphatic heterocycles. The van der Waals surface area contributed by atoms with Crippen LogP contribution in [0.1, 0.15) is 5.56 Å². The number of benzene rings is 3. The maximum Gasteiger partial charge on any atom is 1.00 e. The average molecular weight is 758 g/mol. The minimum atomic E-state index is -5.23. The van der Waals surface area contributed by atoms with E-state index in [-0.39, 0.29) is 97.5 Å². The third-order valence-electron chi connectivity index (χ3n) is 5.75. The van der Waals surface area contributed by atoms with Gasteiger partial charge in [-0.05, 0) is 41.8 Å². The van der Waals surface area contributed by atoms with E-state index in [0.717, 1.165) is 37.4 Å². The van der Waals surface area contributed by atoms with Crippen LogP contribution in [0.5, 0.6) is 11.5 Å². The topological polar surface area (TPSA) is 255 Å². The van der Waals surface area contributed by atoms with Crippen LogP contribution in [-0.2, 0) is 36.9 Å². The first-order valence-electron chi connectivity index (χ1n) is 11.3. The second-order valence-electron chi connectivity index (χ2n) is 8.47. The number of azo groups is 1. The molecule has 5 N–H and O–H groups in total. The molecule has 0 aliphatic rings. The van der Waals surface area contributed by atoms with Gasteiger partial charge in [0.15, 0.2) is 11.6 Å². The van der Waals surface area contributed by atoms with Crippen LogP contribution in [0, 0.1) is 12.0 Å². The van der Waals surface area contributed by atoms with Crippen molar-refractivity contribution in [1.29, 1.82) is 0 Å². The molecule has 0 atom stereocenters. The summed E-state index contributed by atoms with van der Waals surface area (Å²) < 4.78 is 134. The molecule has 0 spiro atoms. The van der Waals surface area contributed by atoms with E-state index in [1.807, 2.05) is 0 Å². The van der Waals surface area contributed by atoms with Gasteiger partial charge in [0.25, 0.3) is 30.4 Å². The van der Waals surface area contributed by atoms with E-state index in [9.17, 15) is 52.8 Å². The molecule has 0 saturated carbocycles. The molecule has 0 bridgehead atoms. The number of aromatic nitrogens is 2. The molecule has 1 aromatic heterocycles. The molecule has 24 heteroatoms. The Bertz CT molecular complexity index is 2220. The number of rotatable bonds is 9. The van der Waals surface area contributed by atoms with E-state index in [1.54, 1.807) is 0 Å². The van der Waals surface area contributed by atoms with Crippen LogP contribution in [0.25, 0.3) is 10.8 Å². The van der Waals surface area contributed by atoms with Gasteiger partial charge < -0.3 is 15.2 Å². The number of methoxy groups -OCH3 is 1. The molecular formula is C22H16ClF2KN5NaO11S3+2. The molecule has 1 heterocycles. The SMILES string of the molecule is COc1ccc(N=Nc2c(S(=O)(=O)O)cc3cc(S(=O)(=O)O)ccc3c2O)c(S(=O)(=O)O)c1CNc1nc(F)nc(F)c1Cl.[K+].[Na+]. The summed E-state index contributed by atoms with van der Waals surface area (Å²) in [5.74, 6) is -3.22. The Morgan fingerprint density at radius 2 is 1.59 bits per heavy atom. The number of ether oxygens (including phenoxy) is 1. The Hall–Kier alpha value is -1.48. The molecule has 0 amide bonds. The summed E-state index contributed by atoms with van der Waals surface area (Å²) in [4.78, 5) is 3.28. The fourth-order valence-electron chi connectivity index (χ4n) is 3.89. The number of phenols is 1. The zero-order chi connectivity index (χ0) is 32.8. The number of halogens is 3. The van der Waals surface area contributed by atoms with Crippen molar-refractivity contribution in [3.63, 3.8) is 0 Å². The van der Waals surface area contributed by atoms with E-state index < -0.39 is 97.1 Å². The molecule has 0 fully saturated rings. The van der Waals surface area contributed by atoms with Gasteiger partial charge in [-0.15, -0.1) is 10.2 Å². The van der Waals surface area contributed by atoms with Crippen molar-refractivity contribution in [2.75, 3.05) is 12.4 Å². The van der Waals surface area contributed by atoms with Crippen molar-refractivity contribution < 1.29 is 138 Å². The van der Waals surface area contributed by atoms with Crippen molar-refractivity contribution in [2.45, 2.75) is 21.2 Å². The van der Waals surface area contributed by atoms with Crippen LogP contribution in [-0.4, -0.2) is 61.1 Å². The van der Waals surface area contributed by atoms with Crippen molar-refractivity contribution in [1.82, 2.24) is 9.97 Å². The zero-order valence-electron chi connectivity index (χ0n) is 23.5. The Labute approximate surface area is 328 Å². The Kier molecular flexibility index (Phi) is 13.6. The maximum atomic E-state index is 13.8. The van der Waals surface area contributed by atoms with Crippen LogP contribution < -0.4 is 91.0 Å². The number of anilines is 1. The molecule has 16 nitrogen and oxygen atoms in total. The smallest absolute Gasteiger partial charge is 0.505 e. The molecule has 0 saturated heterocycles. The van der Waals surface area contributed by atoms with Gasteiger partial charge in [0.2, 0.25) is 5.95 Å². The minimum Gasteiger partial charge on any atom is -0.505 e. The van der Waals surface area contributed by atoms with Crippen LogP contribution >= 0.6 is 11.6 Å². The fraction of sp³-hybridized carbons (Fsp3) is 0.0909. The first-order valence-corrected chi connectivity index (χ1v) is 16.0. The van der Waals surface area contributed by atoms with Gasteiger partial charge in [-0.25, -0.2) is 0 Å². The number of nitrogens with zero attached hydrogens (tertiary/aromatic N) is 4. The standard InChI is InChI=1S/C22H16ClF2N5O11S3.K.Na/c1-41-14-5-4-13(19(44(38,39)40)12(14)8-26-21-16(23)20(24)27-22(25)28-21)29-30-17-15(43(35,36)37)7-9-6-10(42(32,33)34)2-3-11(9)18(17)31;;/h2-7,31H,8H2,1H3,(H,26,27,28)(H,32,33,34)(H,35,36,37)(H,38,39,40);;/q;2*+1. The summed E-state index contributed by atoms with van der Waals surface area (Å²) in [6.45, 7) is -0.676. The van der Waals surface area contributed by atoms with E-state index in [1.165, 1.54) is 0 Å². The maximum absolute atomic E-state index is 13.8. The molecule has 46 heavy (non-hydrogen) atoms. The summed E-state index contributed by atoms with van der Waals surface area (Å²) in [6.07, 6.45) is -1.52. The predicted molar refractivity (Wildman–Crippen MR) is 147 cm³/mol. The average Bonchev–Trinajstić information content (AvgIpc) is 2.91. The van der Waals surface area contributed by atoms with E-state index in [2.05, 4.69) is 25.5 Å². The number of hydrogen-bond acceptors (Lipinski definition) is 13. The Morgan fingerprint density at radius 3 is 2.15 bits per heavy atom. The van der Waals surface area contributed by atoms with Crippen LogP contribution in [0.3, 0.4) is 0 Å². The number of nitrogens with one attached hydrogen (secondary N) is 1. The van der Waals surface area contributed by atoms with E-state index >= 15 is 0 Å². The molecule has 234 valence electrons. The van der Waals surface area contributed by atoms with Gasteiger partial charge in [-0.1, -0.05) is 11.6 Å². The number of hydrogen-bond donors (Lipinski definition) is 5. The quantitative estimate of drug-likeness (QED) is 0.0409. The number of fused-ring (bicyclic) bond motifs is 1. The monoisotopic (exact) mass is 757 g/mol. The molecule has 3 aromatic carbocycles. The normalized spacial score (nSPS) is 12.1. The van der Waals surface area contributed by atoms with Crippen LogP contribution in [0.4, 0.5) is 26.0 Å². The number of phenolic OH excluding ortho intramolecular Hbond substituents is 1. The van der Waals surface area contributed by atoms with Crippen molar-refractivity contribution >= 4 is 69.9 Å².